The molecular formula is C17H23NOS. The van der Waals surface area contributed by atoms with Gasteiger partial charge in [0.1, 0.15) is 0 Å². The summed E-state index contributed by atoms with van der Waals surface area (Å²) in [6, 6.07) is 14.9. The maximum absolute atomic E-state index is 12.3. The van der Waals surface area contributed by atoms with Crippen molar-refractivity contribution in [1.82, 2.24) is 5.32 Å². The Hall–Kier alpha value is -1.19. The summed E-state index contributed by atoms with van der Waals surface area (Å²) in [7, 11) is 1.11. The van der Waals surface area contributed by atoms with E-state index in [9.17, 15) is 4.21 Å². The molecule has 2 rings (SSSR count). The lowest BCUT2D eigenvalue weighted by Gasteiger charge is -2.13. The molecule has 0 saturated heterocycles. The van der Waals surface area contributed by atoms with E-state index in [0.717, 1.165) is 29.9 Å². The predicted octanol–water partition coefficient (Wildman–Crippen LogP) is 3.73. The summed E-state index contributed by atoms with van der Waals surface area (Å²) in [5, 5.41) is 5.66. The van der Waals surface area contributed by atoms with Gasteiger partial charge < -0.3 is 5.32 Å². The van der Waals surface area contributed by atoms with E-state index in [0.29, 0.717) is 6.04 Å². The molecule has 0 saturated carbocycles. The summed E-state index contributed by atoms with van der Waals surface area (Å²) < 4.78 is 12.3. The summed E-state index contributed by atoms with van der Waals surface area (Å²) in [4.78, 5) is 0.946. The van der Waals surface area contributed by atoms with Gasteiger partial charge in [-0.1, -0.05) is 37.3 Å². The lowest BCUT2D eigenvalue weighted by atomic mass is 10.1. The molecule has 0 radical (unpaired) electrons. The fourth-order valence-electron chi connectivity index (χ4n) is 2.44. The maximum atomic E-state index is 12.3. The molecule has 0 aliphatic heterocycles. The van der Waals surface area contributed by atoms with Crippen molar-refractivity contribution < 1.29 is 4.21 Å². The minimum Gasteiger partial charge on any atom is -0.317 e. The van der Waals surface area contributed by atoms with Crippen molar-refractivity contribution in [2.45, 2.75) is 37.1 Å². The van der Waals surface area contributed by atoms with E-state index in [1.54, 1.807) is 0 Å². The Morgan fingerprint density at radius 1 is 1.15 bits per heavy atom. The molecule has 0 aliphatic carbocycles. The lowest BCUT2D eigenvalue weighted by Crippen LogP contribution is -2.24. The fourth-order valence-corrected chi connectivity index (χ4v) is 3.58. The van der Waals surface area contributed by atoms with Crippen LogP contribution in [-0.4, -0.2) is 23.1 Å². The largest absolute Gasteiger partial charge is 0.317 e. The summed E-state index contributed by atoms with van der Waals surface area (Å²) >= 11 is 0. The first-order valence-corrected chi connectivity index (χ1v) is 8.61. The standard InChI is InChI=1S/C17H23NOS/c1-3-16(18-2)9-6-12-20(19)17-11-10-14-7-4-5-8-15(14)13-17/h4-5,7-8,10-11,13,16,18H,3,6,9,12H2,1-2H3. The van der Waals surface area contributed by atoms with E-state index in [1.165, 1.54) is 10.8 Å². The first-order valence-electron chi connectivity index (χ1n) is 7.29. The van der Waals surface area contributed by atoms with Crippen LogP contribution in [0.4, 0.5) is 0 Å². The third kappa shape index (κ3) is 3.90. The van der Waals surface area contributed by atoms with Crippen LogP contribution in [0.2, 0.25) is 0 Å². The Kier molecular flexibility index (Phi) is 5.74. The predicted molar refractivity (Wildman–Crippen MR) is 87.6 cm³/mol. The highest BCUT2D eigenvalue weighted by atomic mass is 32.2. The van der Waals surface area contributed by atoms with Crippen molar-refractivity contribution in [3.05, 3.63) is 42.5 Å². The number of fused-ring (bicyclic) bond motifs is 1. The van der Waals surface area contributed by atoms with Gasteiger partial charge in [-0.2, -0.15) is 0 Å². The van der Waals surface area contributed by atoms with Crippen LogP contribution in [0.1, 0.15) is 26.2 Å². The molecule has 1 N–H and O–H groups in total. The summed E-state index contributed by atoms with van der Waals surface area (Å²) in [6.45, 7) is 2.18. The van der Waals surface area contributed by atoms with Crippen LogP contribution in [0.5, 0.6) is 0 Å². The van der Waals surface area contributed by atoms with Crippen LogP contribution in [0.3, 0.4) is 0 Å². The molecule has 2 nitrogen and oxygen atoms in total. The van der Waals surface area contributed by atoms with Crippen LogP contribution in [-0.2, 0) is 10.8 Å². The van der Waals surface area contributed by atoms with E-state index in [2.05, 4.69) is 36.5 Å². The third-order valence-corrected chi connectivity index (χ3v) is 5.21. The zero-order valence-electron chi connectivity index (χ0n) is 12.3. The lowest BCUT2D eigenvalue weighted by molar-refractivity contribution is 0.503. The molecular weight excluding hydrogens is 266 g/mol. The molecule has 108 valence electrons. The van der Waals surface area contributed by atoms with E-state index < -0.39 is 10.8 Å². The van der Waals surface area contributed by atoms with Gasteiger partial charge in [0.25, 0.3) is 0 Å². The molecule has 0 bridgehead atoms. The first kappa shape index (κ1) is 15.2. The minimum atomic E-state index is -0.888. The summed E-state index contributed by atoms with van der Waals surface area (Å²) in [5.41, 5.74) is 0. The molecule has 0 spiro atoms. The van der Waals surface area contributed by atoms with Gasteiger partial charge in [-0.25, -0.2) is 0 Å². The molecule has 0 amide bonds. The van der Waals surface area contributed by atoms with Crippen molar-refractivity contribution in [2.24, 2.45) is 0 Å². The molecule has 3 heteroatoms. The number of rotatable bonds is 7. The van der Waals surface area contributed by atoms with Gasteiger partial charge in [0.15, 0.2) is 0 Å². The Bertz CT molecular complexity index is 578. The topological polar surface area (TPSA) is 29.1 Å². The molecule has 2 atom stereocenters. The van der Waals surface area contributed by atoms with E-state index in [1.807, 2.05) is 25.2 Å². The van der Waals surface area contributed by atoms with Crippen molar-refractivity contribution in [2.75, 3.05) is 12.8 Å². The van der Waals surface area contributed by atoms with Gasteiger partial charge in [0.2, 0.25) is 0 Å². The van der Waals surface area contributed by atoms with Crippen LogP contribution in [0.25, 0.3) is 10.8 Å². The number of benzene rings is 2. The van der Waals surface area contributed by atoms with E-state index >= 15 is 0 Å². The van der Waals surface area contributed by atoms with Crippen LogP contribution >= 0.6 is 0 Å². The highest BCUT2D eigenvalue weighted by Crippen LogP contribution is 2.18. The van der Waals surface area contributed by atoms with Gasteiger partial charge in [-0.3, -0.25) is 4.21 Å². The van der Waals surface area contributed by atoms with Gasteiger partial charge >= 0.3 is 0 Å². The van der Waals surface area contributed by atoms with E-state index in [4.69, 9.17) is 0 Å². The Balaban J connectivity index is 1.97. The molecule has 2 aromatic rings. The first-order chi connectivity index (χ1) is 9.74. The molecule has 0 aliphatic rings. The average Bonchev–Trinajstić information content (AvgIpc) is 2.51. The Labute approximate surface area is 124 Å². The van der Waals surface area contributed by atoms with Gasteiger partial charge in [-0.15, -0.1) is 0 Å². The monoisotopic (exact) mass is 289 g/mol. The van der Waals surface area contributed by atoms with Crippen LogP contribution < -0.4 is 5.32 Å². The maximum Gasteiger partial charge on any atom is 0.0529 e. The zero-order valence-corrected chi connectivity index (χ0v) is 13.1. The van der Waals surface area contributed by atoms with Gasteiger partial charge in [0.05, 0.1) is 10.8 Å². The number of nitrogens with one attached hydrogen (secondary N) is 1. The molecule has 2 aromatic carbocycles. The smallest absolute Gasteiger partial charge is 0.0529 e. The van der Waals surface area contributed by atoms with Crippen molar-refractivity contribution >= 4 is 21.6 Å². The normalized spacial score (nSPS) is 14.3. The Morgan fingerprint density at radius 3 is 2.60 bits per heavy atom. The molecule has 2 unspecified atom stereocenters. The van der Waals surface area contributed by atoms with Crippen molar-refractivity contribution in [1.29, 1.82) is 0 Å². The van der Waals surface area contributed by atoms with Gasteiger partial charge in [-0.05, 0) is 49.2 Å². The second kappa shape index (κ2) is 7.55. The van der Waals surface area contributed by atoms with Crippen LogP contribution in [0.15, 0.2) is 47.4 Å². The summed E-state index contributed by atoms with van der Waals surface area (Å²) in [5.74, 6) is 0.747. The summed E-state index contributed by atoms with van der Waals surface area (Å²) in [6.07, 6.45) is 3.21. The molecule has 0 heterocycles. The Morgan fingerprint density at radius 2 is 1.90 bits per heavy atom. The molecule has 20 heavy (non-hydrogen) atoms. The van der Waals surface area contributed by atoms with Crippen molar-refractivity contribution in [3.63, 3.8) is 0 Å². The molecule has 0 fully saturated rings. The van der Waals surface area contributed by atoms with Crippen LogP contribution in [0, 0.1) is 0 Å². The number of hydrogen-bond acceptors (Lipinski definition) is 2. The average molecular weight is 289 g/mol. The highest BCUT2D eigenvalue weighted by Gasteiger charge is 2.07. The molecule has 0 aromatic heterocycles. The van der Waals surface area contributed by atoms with Crippen molar-refractivity contribution in [3.8, 4) is 0 Å². The third-order valence-electron chi connectivity index (χ3n) is 3.77. The highest BCUT2D eigenvalue weighted by molar-refractivity contribution is 7.85. The SMILES string of the molecule is CCC(CCCS(=O)c1ccc2ccccc2c1)NC. The zero-order chi connectivity index (χ0) is 14.4. The fraction of sp³-hybridized carbons (Fsp3) is 0.412. The quantitative estimate of drug-likeness (QED) is 0.841. The van der Waals surface area contributed by atoms with E-state index in [-0.39, 0.29) is 0 Å². The number of hydrogen-bond donors (Lipinski definition) is 1. The minimum absolute atomic E-state index is 0.545. The second-order valence-electron chi connectivity index (χ2n) is 5.09. The van der Waals surface area contributed by atoms with Gasteiger partial charge in [0, 0.05) is 16.7 Å². The second-order valence-corrected chi connectivity index (χ2v) is 6.67.